The highest BCUT2D eigenvalue weighted by molar-refractivity contribution is 5.91. The third-order valence-electron chi connectivity index (χ3n) is 3.10. The monoisotopic (exact) mass is 265 g/mol. The second-order valence-electron chi connectivity index (χ2n) is 4.39. The number of benzene rings is 2. The van der Waals surface area contributed by atoms with E-state index in [1.54, 1.807) is 18.2 Å². The van der Waals surface area contributed by atoms with Crippen molar-refractivity contribution in [1.82, 2.24) is 0 Å². The maximum atomic E-state index is 12.9. The molecule has 1 unspecified atom stereocenters. The van der Waals surface area contributed by atoms with Crippen LogP contribution < -0.4 is 0 Å². The summed E-state index contributed by atoms with van der Waals surface area (Å²) < 4.78 is 38.8. The molecule has 2 rings (SSSR count). The van der Waals surface area contributed by atoms with Gasteiger partial charge in [0.15, 0.2) is 5.60 Å². The van der Waals surface area contributed by atoms with Crippen LogP contribution in [0, 0.1) is 11.3 Å². The first kappa shape index (κ1) is 13.4. The zero-order valence-electron chi connectivity index (χ0n) is 9.99. The maximum Gasteiger partial charge on any atom is 0.421 e. The van der Waals surface area contributed by atoms with Gasteiger partial charge >= 0.3 is 6.18 Å². The number of nitriles is 1. The molecule has 0 spiro atoms. The average Bonchev–Trinajstić information content (AvgIpc) is 2.35. The smallest absolute Gasteiger partial charge is 0.376 e. The van der Waals surface area contributed by atoms with Crippen molar-refractivity contribution in [2.24, 2.45) is 0 Å². The van der Waals surface area contributed by atoms with Crippen molar-refractivity contribution in [3.8, 4) is 6.07 Å². The van der Waals surface area contributed by atoms with Gasteiger partial charge in [-0.15, -0.1) is 0 Å². The third-order valence-corrected chi connectivity index (χ3v) is 3.10. The molecule has 1 atom stereocenters. The molecule has 0 saturated heterocycles. The van der Waals surface area contributed by atoms with Crippen molar-refractivity contribution in [3.63, 3.8) is 0 Å². The van der Waals surface area contributed by atoms with E-state index in [4.69, 9.17) is 5.26 Å². The third kappa shape index (κ3) is 2.04. The summed E-state index contributed by atoms with van der Waals surface area (Å²) in [6.45, 7) is 0.690. The van der Waals surface area contributed by atoms with E-state index in [0.29, 0.717) is 12.3 Å². The van der Waals surface area contributed by atoms with Crippen LogP contribution >= 0.6 is 0 Å². The van der Waals surface area contributed by atoms with Gasteiger partial charge in [0.1, 0.15) is 0 Å². The fourth-order valence-electron chi connectivity index (χ4n) is 1.99. The first-order valence-electron chi connectivity index (χ1n) is 5.50. The Balaban J connectivity index is 2.86. The van der Waals surface area contributed by atoms with E-state index in [0.717, 1.165) is 0 Å². The van der Waals surface area contributed by atoms with Gasteiger partial charge in [0, 0.05) is 10.9 Å². The summed E-state index contributed by atoms with van der Waals surface area (Å²) in [5.74, 6) is 0. The second-order valence-corrected chi connectivity index (χ2v) is 4.39. The summed E-state index contributed by atoms with van der Waals surface area (Å²) in [5, 5.41) is 19.4. The summed E-state index contributed by atoms with van der Waals surface area (Å²) in [7, 11) is 0. The van der Waals surface area contributed by atoms with Crippen LogP contribution in [0.1, 0.15) is 18.1 Å². The summed E-state index contributed by atoms with van der Waals surface area (Å²) in [5.41, 5.74) is -3.20. The molecule has 0 fully saturated rings. The van der Waals surface area contributed by atoms with Crippen LogP contribution in [0.5, 0.6) is 0 Å². The highest BCUT2D eigenvalue weighted by atomic mass is 19.4. The van der Waals surface area contributed by atoms with E-state index < -0.39 is 11.8 Å². The maximum absolute atomic E-state index is 12.9. The Kier molecular flexibility index (Phi) is 2.99. The standard InChI is InChI=1S/C14H10F3NO/c1-13(19,14(15,16)17)11-7-3-5-9-4-2-6-10(8-18)12(9)11/h2-7,19H,1H3. The van der Waals surface area contributed by atoms with Crippen LogP contribution in [0.3, 0.4) is 0 Å². The number of nitrogens with zero attached hydrogens (tertiary/aromatic N) is 1. The van der Waals surface area contributed by atoms with Crippen molar-refractivity contribution in [3.05, 3.63) is 47.5 Å². The van der Waals surface area contributed by atoms with E-state index in [9.17, 15) is 18.3 Å². The summed E-state index contributed by atoms with van der Waals surface area (Å²) in [6, 6.07) is 10.7. The minimum absolute atomic E-state index is 0.109. The molecule has 0 aliphatic heterocycles. The van der Waals surface area contributed by atoms with Crippen LogP contribution in [-0.4, -0.2) is 11.3 Å². The molecule has 0 heterocycles. The minimum Gasteiger partial charge on any atom is -0.376 e. The molecule has 2 aromatic rings. The number of alkyl halides is 3. The van der Waals surface area contributed by atoms with Gasteiger partial charge < -0.3 is 5.11 Å². The lowest BCUT2D eigenvalue weighted by atomic mass is 9.88. The lowest BCUT2D eigenvalue weighted by molar-refractivity contribution is -0.258. The molecule has 2 aromatic carbocycles. The van der Waals surface area contributed by atoms with Crippen molar-refractivity contribution < 1.29 is 18.3 Å². The molecule has 0 saturated carbocycles. The number of aliphatic hydroxyl groups is 1. The molecule has 0 aromatic heterocycles. The van der Waals surface area contributed by atoms with Crippen molar-refractivity contribution in [1.29, 1.82) is 5.26 Å². The predicted molar refractivity (Wildman–Crippen MR) is 64.3 cm³/mol. The van der Waals surface area contributed by atoms with Gasteiger partial charge in [-0.2, -0.15) is 18.4 Å². The highest BCUT2D eigenvalue weighted by Gasteiger charge is 2.51. The molecular weight excluding hydrogens is 255 g/mol. The van der Waals surface area contributed by atoms with Gasteiger partial charge in [-0.05, 0) is 18.4 Å². The van der Waals surface area contributed by atoms with Crippen molar-refractivity contribution >= 4 is 10.8 Å². The van der Waals surface area contributed by atoms with Gasteiger partial charge in [-0.1, -0.05) is 30.3 Å². The van der Waals surface area contributed by atoms with Crippen molar-refractivity contribution in [2.45, 2.75) is 18.7 Å². The average molecular weight is 265 g/mol. The minimum atomic E-state index is -4.82. The molecule has 1 N–H and O–H groups in total. The molecule has 0 bridgehead atoms. The number of rotatable bonds is 1. The Morgan fingerprint density at radius 2 is 1.68 bits per heavy atom. The summed E-state index contributed by atoms with van der Waals surface area (Å²) in [4.78, 5) is 0. The van der Waals surface area contributed by atoms with E-state index in [1.807, 2.05) is 6.07 Å². The second kappa shape index (κ2) is 4.25. The first-order chi connectivity index (χ1) is 8.79. The Morgan fingerprint density at radius 3 is 2.21 bits per heavy atom. The first-order valence-corrected chi connectivity index (χ1v) is 5.50. The van der Waals surface area contributed by atoms with E-state index >= 15 is 0 Å². The van der Waals surface area contributed by atoms with E-state index in [2.05, 4.69) is 0 Å². The predicted octanol–water partition coefficient (Wildman–Crippen LogP) is 3.48. The van der Waals surface area contributed by atoms with Gasteiger partial charge in [-0.3, -0.25) is 0 Å². The van der Waals surface area contributed by atoms with Crippen LogP contribution in [0.2, 0.25) is 0 Å². The van der Waals surface area contributed by atoms with Gasteiger partial charge in [0.25, 0.3) is 0 Å². The zero-order valence-corrected chi connectivity index (χ0v) is 9.99. The van der Waals surface area contributed by atoms with Crippen molar-refractivity contribution in [2.75, 3.05) is 0 Å². The lowest BCUT2D eigenvalue weighted by Gasteiger charge is -2.28. The van der Waals surface area contributed by atoms with Crippen LogP contribution in [0.25, 0.3) is 10.8 Å². The number of hydrogen-bond acceptors (Lipinski definition) is 2. The molecule has 19 heavy (non-hydrogen) atoms. The SMILES string of the molecule is CC(O)(c1cccc2cccc(C#N)c12)C(F)(F)F. The Bertz CT molecular complexity index is 663. The molecule has 2 nitrogen and oxygen atoms in total. The molecule has 0 aliphatic carbocycles. The summed E-state index contributed by atoms with van der Waals surface area (Å²) >= 11 is 0. The Hall–Kier alpha value is -2.06. The summed E-state index contributed by atoms with van der Waals surface area (Å²) in [6.07, 6.45) is -4.82. The fourth-order valence-corrected chi connectivity index (χ4v) is 1.99. The Labute approximate surface area is 107 Å². The highest BCUT2D eigenvalue weighted by Crippen LogP contribution is 2.41. The molecule has 5 heteroatoms. The van der Waals surface area contributed by atoms with Crippen LogP contribution in [-0.2, 0) is 5.60 Å². The largest absolute Gasteiger partial charge is 0.421 e. The normalized spacial score (nSPS) is 14.9. The number of hydrogen-bond donors (Lipinski definition) is 1. The fraction of sp³-hybridized carbons (Fsp3) is 0.214. The lowest BCUT2D eigenvalue weighted by Crippen LogP contribution is -2.39. The van der Waals surface area contributed by atoms with E-state index in [-0.39, 0.29) is 16.5 Å². The topological polar surface area (TPSA) is 44.0 Å². The number of fused-ring (bicyclic) bond motifs is 1. The van der Waals surface area contributed by atoms with Crippen LogP contribution in [0.15, 0.2) is 36.4 Å². The zero-order chi connectivity index (χ0) is 14.3. The Morgan fingerprint density at radius 1 is 1.11 bits per heavy atom. The molecule has 0 aliphatic rings. The van der Waals surface area contributed by atoms with Gasteiger partial charge in [-0.25, -0.2) is 0 Å². The van der Waals surface area contributed by atoms with E-state index in [1.165, 1.54) is 18.2 Å². The quantitative estimate of drug-likeness (QED) is 0.857. The van der Waals surface area contributed by atoms with Gasteiger partial charge in [0.05, 0.1) is 11.6 Å². The molecule has 0 amide bonds. The molecule has 0 radical (unpaired) electrons. The molecular formula is C14H10F3NO. The van der Waals surface area contributed by atoms with Gasteiger partial charge in [0.2, 0.25) is 0 Å². The molecule has 98 valence electrons. The number of halogens is 3. The van der Waals surface area contributed by atoms with Crippen LogP contribution in [0.4, 0.5) is 13.2 Å².